The number of hydrogen-bond acceptors (Lipinski definition) is 7. The molecule has 0 radical (unpaired) electrons. The predicted octanol–water partition coefficient (Wildman–Crippen LogP) is 0.272. The molecule has 0 unspecified atom stereocenters. The Hall–Kier alpha value is -2.59. The van der Waals surface area contributed by atoms with Gasteiger partial charge in [0.2, 0.25) is 0 Å². The minimum Gasteiger partial charge on any atom is -0.394 e. The van der Waals surface area contributed by atoms with Crippen molar-refractivity contribution in [2.24, 2.45) is 0 Å². The van der Waals surface area contributed by atoms with E-state index in [-0.39, 0.29) is 11.6 Å². The standard InChI is InChI=1S/C17H17FN4O4/c18-9-3-1-8(2-4-9)10-5-11(22-13(10)17(19)20-7-21-22)16-15(25)14(24)12(6-23)26-16/h1-5,7,12,14-16,23-25H,6H2,(H2,19,20,21)/t12-,14-,15-,16+/m1/s1. The number of benzene rings is 1. The average Bonchev–Trinajstić information content (AvgIpc) is 3.15. The molecule has 4 atom stereocenters. The van der Waals surface area contributed by atoms with Crippen molar-refractivity contribution in [2.45, 2.75) is 24.4 Å². The lowest BCUT2D eigenvalue weighted by atomic mass is 10.0. The number of halogens is 1. The average molecular weight is 360 g/mol. The monoisotopic (exact) mass is 360 g/mol. The predicted molar refractivity (Wildman–Crippen MR) is 89.5 cm³/mol. The molecule has 136 valence electrons. The van der Waals surface area contributed by atoms with Crippen LogP contribution in [0.25, 0.3) is 16.6 Å². The fourth-order valence-corrected chi connectivity index (χ4v) is 3.29. The topological polar surface area (TPSA) is 126 Å². The van der Waals surface area contributed by atoms with Crippen molar-refractivity contribution in [3.8, 4) is 11.1 Å². The lowest BCUT2D eigenvalue weighted by Gasteiger charge is -2.14. The van der Waals surface area contributed by atoms with Crippen molar-refractivity contribution >= 4 is 11.3 Å². The van der Waals surface area contributed by atoms with Gasteiger partial charge in [0.05, 0.1) is 12.3 Å². The minimum atomic E-state index is -1.25. The Balaban J connectivity index is 1.89. The van der Waals surface area contributed by atoms with Crippen LogP contribution in [-0.4, -0.2) is 54.8 Å². The zero-order valence-electron chi connectivity index (χ0n) is 13.5. The van der Waals surface area contributed by atoms with Gasteiger partial charge in [0, 0.05) is 5.56 Å². The quantitative estimate of drug-likeness (QED) is 0.528. The SMILES string of the molecule is Nc1ncnn2c([C@@H]3O[C@H](CO)[C@@H](O)[C@H]3O)cc(-c3ccc(F)cc3)c12. The van der Waals surface area contributed by atoms with Gasteiger partial charge in [-0.25, -0.2) is 13.9 Å². The molecule has 0 saturated carbocycles. The Labute approximate surface area is 147 Å². The van der Waals surface area contributed by atoms with E-state index in [4.69, 9.17) is 10.5 Å². The second-order valence-electron chi connectivity index (χ2n) is 6.15. The number of aromatic nitrogens is 3. The molecule has 4 rings (SSSR count). The Kier molecular flexibility index (Phi) is 4.08. The van der Waals surface area contributed by atoms with Gasteiger partial charge in [0.25, 0.3) is 0 Å². The van der Waals surface area contributed by atoms with E-state index in [0.717, 1.165) is 0 Å². The third-order valence-electron chi connectivity index (χ3n) is 4.60. The largest absolute Gasteiger partial charge is 0.394 e. The molecular weight excluding hydrogens is 343 g/mol. The molecular formula is C17H17FN4O4. The van der Waals surface area contributed by atoms with Gasteiger partial charge in [-0.2, -0.15) is 5.10 Å². The lowest BCUT2D eigenvalue weighted by molar-refractivity contribution is -0.0244. The number of ether oxygens (including phenoxy) is 1. The van der Waals surface area contributed by atoms with Crippen LogP contribution in [0.4, 0.5) is 10.2 Å². The summed E-state index contributed by atoms with van der Waals surface area (Å²) in [7, 11) is 0. The van der Waals surface area contributed by atoms with E-state index in [1.54, 1.807) is 18.2 Å². The molecule has 9 heteroatoms. The number of nitrogens with zero attached hydrogens (tertiary/aromatic N) is 3. The Morgan fingerprint density at radius 1 is 1.19 bits per heavy atom. The summed E-state index contributed by atoms with van der Waals surface area (Å²) >= 11 is 0. The fourth-order valence-electron chi connectivity index (χ4n) is 3.29. The molecule has 3 heterocycles. The summed E-state index contributed by atoms with van der Waals surface area (Å²) < 4.78 is 20.3. The van der Waals surface area contributed by atoms with Crippen LogP contribution >= 0.6 is 0 Å². The smallest absolute Gasteiger partial charge is 0.151 e. The molecule has 0 spiro atoms. The summed E-state index contributed by atoms with van der Waals surface area (Å²) in [5.74, 6) is -0.164. The zero-order valence-corrected chi connectivity index (χ0v) is 13.5. The minimum absolute atomic E-state index is 0.206. The summed E-state index contributed by atoms with van der Waals surface area (Å²) in [5.41, 5.74) is 8.25. The Bertz CT molecular complexity index is 946. The van der Waals surface area contributed by atoms with E-state index in [1.807, 2.05) is 0 Å². The van der Waals surface area contributed by atoms with Crippen LogP contribution in [0, 0.1) is 5.82 Å². The van der Waals surface area contributed by atoms with Crippen molar-refractivity contribution in [3.05, 3.63) is 48.2 Å². The molecule has 1 aromatic carbocycles. The van der Waals surface area contributed by atoms with Crippen LogP contribution in [0.15, 0.2) is 36.7 Å². The summed E-state index contributed by atoms with van der Waals surface area (Å²) in [6.45, 7) is -0.431. The highest BCUT2D eigenvalue weighted by Gasteiger charge is 2.44. The maximum Gasteiger partial charge on any atom is 0.151 e. The molecule has 0 aliphatic carbocycles. The molecule has 26 heavy (non-hydrogen) atoms. The van der Waals surface area contributed by atoms with E-state index in [2.05, 4.69) is 10.1 Å². The van der Waals surface area contributed by atoms with Crippen molar-refractivity contribution < 1.29 is 24.4 Å². The van der Waals surface area contributed by atoms with E-state index >= 15 is 0 Å². The third-order valence-corrected chi connectivity index (χ3v) is 4.60. The molecule has 0 bridgehead atoms. The van der Waals surface area contributed by atoms with E-state index in [9.17, 15) is 19.7 Å². The summed E-state index contributed by atoms with van der Waals surface area (Å²) in [6, 6.07) is 7.54. The zero-order chi connectivity index (χ0) is 18.4. The van der Waals surface area contributed by atoms with E-state index in [0.29, 0.717) is 22.3 Å². The lowest BCUT2D eigenvalue weighted by Crippen LogP contribution is -2.32. The van der Waals surface area contributed by atoms with E-state index in [1.165, 1.54) is 23.0 Å². The molecule has 1 aliphatic heterocycles. The van der Waals surface area contributed by atoms with Gasteiger partial charge in [-0.05, 0) is 23.8 Å². The van der Waals surface area contributed by atoms with Gasteiger partial charge in [-0.3, -0.25) is 0 Å². The van der Waals surface area contributed by atoms with Crippen molar-refractivity contribution in [1.82, 2.24) is 14.6 Å². The van der Waals surface area contributed by atoms with Gasteiger partial charge in [-0.15, -0.1) is 0 Å². The highest BCUT2D eigenvalue weighted by molar-refractivity contribution is 5.88. The second-order valence-corrected chi connectivity index (χ2v) is 6.15. The molecule has 5 N–H and O–H groups in total. The normalized spacial score (nSPS) is 25.8. The molecule has 1 fully saturated rings. The number of hydrogen-bond donors (Lipinski definition) is 4. The Morgan fingerprint density at radius 3 is 2.58 bits per heavy atom. The summed E-state index contributed by atoms with van der Waals surface area (Å²) in [4.78, 5) is 4.00. The molecule has 2 aromatic heterocycles. The Morgan fingerprint density at radius 2 is 1.92 bits per heavy atom. The number of aliphatic hydroxyl groups is 3. The number of anilines is 1. The van der Waals surface area contributed by atoms with Crippen LogP contribution in [0.5, 0.6) is 0 Å². The van der Waals surface area contributed by atoms with Crippen LogP contribution in [0.3, 0.4) is 0 Å². The van der Waals surface area contributed by atoms with Crippen LogP contribution in [0.2, 0.25) is 0 Å². The fraction of sp³-hybridized carbons (Fsp3) is 0.294. The highest BCUT2D eigenvalue weighted by Crippen LogP contribution is 2.38. The molecule has 0 amide bonds. The number of nitrogen functional groups attached to an aromatic ring is 1. The first-order valence-corrected chi connectivity index (χ1v) is 8.01. The molecule has 1 saturated heterocycles. The first-order valence-electron chi connectivity index (χ1n) is 8.01. The van der Waals surface area contributed by atoms with Crippen LogP contribution in [0.1, 0.15) is 11.8 Å². The molecule has 3 aromatic rings. The highest BCUT2D eigenvalue weighted by atomic mass is 19.1. The summed E-state index contributed by atoms with van der Waals surface area (Å²) in [5, 5.41) is 33.8. The van der Waals surface area contributed by atoms with Crippen LogP contribution in [-0.2, 0) is 4.74 Å². The number of rotatable bonds is 3. The maximum atomic E-state index is 13.3. The van der Waals surface area contributed by atoms with Crippen LogP contribution < -0.4 is 5.73 Å². The first kappa shape index (κ1) is 16.9. The van der Waals surface area contributed by atoms with Crippen molar-refractivity contribution in [1.29, 1.82) is 0 Å². The number of aliphatic hydroxyl groups excluding tert-OH is 3. The summed E-state index contributed by atoms with van der Waals surface area (Å²) in [6.07, 6.45) is -3.04. The van der Waals surface area contributed by atoms with E-state index < -0.39 is 31.0 Å². The number of nitrogens with two attached hydrogens (primary N) is 1. The van der Waals surface area contributed by atoms with Gasteiger partial charge in [0.1, 0.15) is 42.1 Å². The number of fused-ring (bicyclic) bond motifs is 1. The van der Waals surface area contributed by atoms with Crippen molar-refractivity contribution in [2.75, 3.05) is 12.3 Å². The van der Waals surface area contributed by atoms with Gasteiger partial charge in [-0.1, -0.05) is 12.1 Å². The van der Waals surface area contributed by atoms with Gasteiger partial charge in [0.15, 0.2) is 5.82 Å². The maximum absolute atomic E-state index is 13.3. The van der Waals surface area contributed by atoms with Gasteiger partial charge >= 0.3 is 0 Å². The first-order chi connectivity index (χ1) is 12.5. The third kappa shape index (κ3) is 2.53. The molecule has 1 aliphatic rings. The van der Waals surface area contributed by atoms with Gasteiger partial charge < -0.3 is 25.8 Å². The van der Waals surface area contributed by atoms with Crippen molar-refractivity contribution in [3.63, 3.8) is 0 Å². The molecule has 8 nitrogen and oxygen atoms in total. The second kappa shape index (κ2) is 6.29.